The second-order valence-electron chi connectivity index (χ2n) is 11.7. The van der Waals surface area contributed by atoms with E-state index in [1.807, 2.05) is 0 Å². The molecule has 2 rings (SSSR count). The highest BCUT2D eigenvalue weighted by Gasteiger charge is 2.25. The summed E-state index contributed by atoms with van der Waals surface area (Å²) in [5.41, 5.74) is 1.43. The van der Waals surface area contributed by atoms with Gasteiger partial charge in [0.1, 0.15) is 6.17 Å². The van der Waals surface area contributed by atoms with Gasteiger partial charge in [0.25, 0.3) is 0 Å². The van der Waals surface area contributed by atoms with E-state index in [4.69, 9.17) is 0 Å². The standard InChI is InChI=1S/C35H62N2/c1-3-5-7-9-11-13-14-15-16-17-18-20-25-29-35-36(30-26-21-19-12-10-8-6-4-2)31-32-37(35)33-34-27-23-22-24-28-34/h22-24,27-28,31-32,35H,3-21,25-26,29-30,33H2,1-2H3. The van der Waals surface area contributed by atoms with Crippen LogP contribution < -0.4 is 0 Å². The predicted octanol–water partition coefficient (Wildman–Crippen LogP) is 11.2. The van der Waals surface area contributed by atoms with Crippen LogP contribution >= 0.6 is 0 Å². The molecule has 2 nitrogen and oxygen atoms in total. The molecular weight excluding hydrogens is 448 g/mol. The van der Waals surface area contributed by atoms with E-state index >= 15 is 0 Å². The van der Waals surface area contributed by atoms with Gasteiger partial charge >= 0.3 is 0 Å². The van der Waals surface area contributed by atoms with Crippen molar-refractivity contribution >= 4 is 0 Å². The van der Waals surface area contributed by atoms with E-state index in [0.29, 0.717) is 6.17 Å². The van der Waals surface area contributed by atoms with Crippen molar-refractivity contribution in [3.05, 3.63) is 48.3 Å². The second-order valence-corrected chi connectivity index (χ2v) is 11.7. The van der Waals surface area contributed by atoms with Crippen molar-refractivity contribution < 1.29 is 0 Å². The minimum atomic E-state index is 0.553. The summed E-state index contributed by atoms with van der Waals surface area (Å²) in [6.45, 7) is 6.87. The van der Waals surface area contributed by atoms with Gasteiger partial charge in [-0.15, -0.1) is 0 Å². The molecule has 0 bridgehead atoms. The third-order valence-electron chi connectivity index (χ3n) is 8.26. The normalized spacial score (nSPS) is 15.2. The van der Waals surface area contributed by atoms with Gasteiger partial charge in [-0.2, -0.15) is 0 Å². The van der Waals surface area contributed by atoms with E-state index in [9.17, 15) is 0 Å². The molecule has 1 aromatic carbocycles. The maximum Gasteiger partial charge on any atom is 0.101 e. The van der Waals surface area contributed by atoms with Crippen LogP contribution in [0.15, 0.2) is 42.7 Å². The van der Waals surface area contributed by atoms with Crippen molar-refractivity contribution in [1.29, 1.82) is 0 Å². The van der Waals surface area contributed by atoms with Crippen molar-refractivity contribution in [2.45, 2.75) is 168 Å². The summed E-state index contributed by atoms with van der Waals surface area (Å²) in [6, 6.07) is 11.0. The Labute approximate surface area is 232 Å². The summed E-state index contributed by atoms with van der Waals surface area (Å²) in [5, 5.41) is 0. The van der Waals surface area contributed by atoms with Gasteiger partial charge in [0.2, 0.25) is 0 Å². The number of hydrogen-bond donors (Lipinski definition) is 0. The largest absolute Gasteiger partial charge is 0.356 e. The smallest absolute Gasteiger partial charge is 0.101 e. The minimum absolute atomic E-state index is 0.553. The fraction of sp³-hybridized carbons (Fsp3) is 0.771. The highest BCUT2D eigenvalue weighted by Crippen LogP contribution is 2.25. The first-order chi connectivity index (χ1) is 18.3. The van der Waals surface area contributed by atoms with E-state index in [1.165, 1.54) is 153 Å². The lowest BCUT2D eigenvalue weighted by Gasteiger charge is -2.33. The van der Waals surface area contributed by atoms with Gasteiger partial charge in [-0.25, -0.2) is 0 Å². The van der Waals surface area contributed by atoms with E-state index in [0.717, 1.165) is 6.54 Å². The van der Waals surface area contributed by atoms with Crippen molar-refractivity contribution in [3.63, 3.8) is 0 Å². The van der Waals surface area contributed by atoms with E-state index in [-0.39, 0.29) is 0 Å². The lowest BCUT2D eigenvalue weighted by molar-refractivity contribution is 0.132. The quantitative estimate of drug-likeness (QED) is 0.121. The average molecular weight is 511 g/mol. The second kappa shape index (κ2) is 22.5. The molecule has 0 aromatic heterocycles. The number of nitrogens with zero attached hydrogens (tertiary/aromatic N) is 2. The summed E-state index contributed by atoms with van der Waals surface area (Å²) >= 11 is 0. The lowest BCUT2D eigenvalue weighted by Crippen LogP contribution is -2.38. The number of hydrogen-bond acceptors (Lipinski definition) is 2. The first-order valence-electron chi connectivity index (χ1n) is 16.6. The zero-order chi connectivity index (χ0) is 26.2. The minimum Gasteiger partial charge on any atom is -0.356 e. The van der Waals surface area contributed by atoms with Gasteiger partial charge in [0.05, 0.1) is 0 Å². The van der Waals surface area contributed by atoms with Crippen molar-refractivity contribution in [3.8, 4) is 0 Å². The highest BCUT2D eigenvalue weighted by atomic mass is 15.4. The Morgan fingerprint density at radius 3 is 1.43 bits per heavy atom. The van der Waals surface area contributed by atoms with Crippen LogP contribution in [0.3, 0.4) is 0 Å². The molecule has 0 radical (unpaired) electrons. The SMILES string of the molecule is CCCCCCCCCCCCCCCC1N(CCCCCCCCCC)C=CN1Cc1ccccc1. The topological polar surface area (TPSA) is 6.48 Å². The van der Waals surface area contributed by atoms with Crippen LogP contribution in [0, 0.1) is 0 Å². The van der Waals surface area contributed by atoms with E-state index < -0.39 is 0 Å². The number of unbranched alkanes of at least 4 members (excludes halogenated alkanes) is 19. The van der Waals surface area contributed by atoms with Crippen LogP contribution in [0.4, 0.5) is 0 Å². The molecule has 0 spiro atoms. The zero-order valence-electron chi connectivity index (χ0n) is 25.0. The molecule has 1 aliphatic heterocycles. The molecule has 0 aliphatic carbocycles. The summed E-state index contributed by atoms with van der Waals surface area (Å²) in [7, 11) is 0. The van der Waals surface area contributed by atoms with Gasteiger partial charge in [0.15, 0.2) is 0 Å². The fourth-order valence-electron chi connectivity index (χ4n) is 5.84. The molecular formula is C35H62N2. The Balaban J connectivity index is 1.61. The molecule has 1 heterocycles. The molecule has 0 fully saturated rings. The molecule has 0 N–H and O–H groups in total. The van der Waals surface area contributed by atoms with E-state index in [1.54, 1.807) is 0 Å². The molecule has 1 aromatic rings. The fourth-order valence-corrected chi connectivity index (χ4v) is 5.84. The molecule has 1 unspecified atom stereocenters. The summed E-state index contributed by atoms with van der Waals surface area (Å²) < 4.78 is 0. The molecule has 2 heteroatoms. The van der Waals surface area contributed by atoms with E-state index in [2.05, 4.69) is 66.4 Å². The Hall–Kier alpha value is -1.44. The lowest BCUT2D eigenvalue weighted by atomic mass is 10.0. The Morgan fingerprint density at radius 2 is 0.919 bits per heavy atom. The van der Waals surface area contributed by atoms with Gasteiger partial charge in [-0.3, -0.25) is 0 Å². The number of rotatable bonds is 25. The molecule has 212 valence electrons. The number of benzene rings is 1. The molecule has 0 saturated heterocycles. The molecule has 0 amide bonds. The van der Waals surface area contributed by atoms with Gasteiger partial charge in [-0.1, -0.05) is 166 Å². The summed E-state index contributed by atoms with van der Waals surface area (Å²) in [6.07, 6.45) is 36.4. The third-order valence-corrected chi connectivity index (χ3v) is 8.26. The highest BCUT2D eigenvalue weighted by molar-refractivity contribution is 5.16. The van der Waals surface area contributed by atoms with Crippen LogP contribution in [-0.4, -0.2) is 22.5 Å². The monoisotopic (exact) mass is 510 g/mol. The summed E-state index contributed by atoms with van der Waals surface area (Å²) in [5.74, 6) is 0. The van der Waals surface area contributed by atoms with Gasteiger partial charge in [0, 0.05) is 25.5 Å². The maximum atomic E-state index is 2.65. The van der Waals surface area contributed by atoms with Crippen LogP contribution in [0.1, 0.15) is 161 Å². The summed E-state index contributed by atoms with van der Waals surface area (Å²) in [4.78, 5) is 5.25. The first-order valence-corrected chi connectivity index (χ1v) is 16.6. The molecule has 0 saturated carbocycles. The van der Waals surface area contributed by atoms with Crippen LogP contribution in [0.25, 0.3) is 0 Å². The molecule has 1 atom stereocenters. The van der Waals surface area contributed by atoms with Crippen LogP contribution in [0.5, 0.6) is 0 Å². The average Bonchev–Trinajstić information content (AvgIpc) is 3.29. The third kappa shape index (κ3) is 15.5. The van der Waals surface area contributed by atoms with Crippen molar-refractivity contribution in [2.24, 2.45) is 0 Å². The van der Waals surface area contributed by atoms with Gasteiger partial charge in [-0.05, 0) is 24.8 Å². The Kier molecular flexibility index (Phi) is 19.4. The maximum absolute atomic E-state index is 2.65. The van der Waals surface area contributed by atoms with Crippen LogP contribution in [0.2, 0.25) is 0 Å². The zero-order valence-corrected chi connectivity index (χ0v) is 25.0. The first kappa shape index (κ1) is 31.8. The Morgan fingerprint density at radius 1 is 0.486 bits per heavy atom. The van der Waals surface area contributed by atoms with Crippen molar-refractivity contribution in [2.75, 3.05) is 6.54 Å². The Bertz CT molecular complexity index is 640. The molecule has 37 heavy (non-hydrogen) atoms. The van der Waals surface area contributed by atoms with Crippen molar-refractivity contribution in [1.82, 2.24) is 9.80 Å². The molecule has 1 aliphatic rings. The van der Waals surface area contributed by atoms with Gasteiger partial charge < -0.3 is 9.80 Å². The van der Waals surface area contributed by atoms with Crippen LogP contribution in [-0.2, 0) is 6.54 Å². The predicted molar refractivity (Wildman–Crippen MR) is 165 cm³/mol.